The van der Waals surface area contributed by atoms with Gasteiger partial charge in [0.15, 0.2) is 0 Å². The predicted octanol–water partition coefficient (Wildman–Crippen LogP) is 4.11. The molecule has 5 heteroatoms. The first-order valence-electron chi connectivity index (χ1n) is 6.27. The fourth-order valence-corrected chi connectivity index (χ4v) is 3.79. The first kappa shape index (κ1) is 14.9. The molecule has 0 aliphatic rings. The molecule has 0 saturated carbocycles. The molecule has 1 heterocycles. The minimum atomic E-state index is 0.451. The lowest BCUT2D eigenvalue weighted by Crippen LogP contribution is -2.33. The Hall–Kier alpha value is -0.550. The number of nitrogens with zero attached hydrogens (tertiary/aromatic N) is 1. The number of halogens is 1. The summed E-state index contributed by atoms with van der Waals surface area (Å²) < 4.78 is 0. The number of thiazole rings is 1. The molecule has 0 radical (unpaired) electrons. The molecule has 1 unspecified atom stereocenters. The molecule has 0 fully saturated rings. The van der Waals surface area contributed by atoms with Crippen molar-refractivity contribution >= 4 is 34.7 Å². The fourth-order valence-electron chi connectivity index (χ4n) is 1.82. The van der Waals surface area contributed by atoms with Gasteiger partial charge in [-0.15, -0.1) is 23.1 Å². The second-order valence-corrected chi connectivity index (χ2v) is 6.61. The minimum absolute atomic E-state index is 0.451. The quantitative estimate of drug-likeness (QED) is 0.779. The molecule has 2 aromatic rings. The molecule has 1 atom stereocenters. The first-order chi connectivity index (χ1) is 9.29. The van der Waals surface area contributed by atoms with E-state index in [2.05, 4.69) is 23.3 Å². The van der Waals surface area contributed by atoms with Crippen LogP contribution in [0.15, 0.2) is 40.9 Å². The van der Waals surface area contributed by atoms with E-state index in [4.69, 9.17) is 11.6 Å². The average Bonchev–Trinajstić information content (AvgIpc) is 2.91. The van der Waals surface area contributed by atoms with Crippen molar-refractivity contribution in [1.29, 1.82) is 0 Å². The summed E-state index contributed by atoms with van der Waals surface area (Å²) in [6.07, 6.45) is 2.98. The molecule has 0 saturated heterocycles. The maximum Gasteiger partial charge on any atom is 0.0794 e. The summed E-state index contributed by atoms with van der Waals surface area (Å²) >= 11 is 9.70. The Labute approximate surface area is 127 Å². The highest BCUT2D eigenvalue weighted by Crippen LogP contribution is 2.27. The highest BCUT2D eigenvalue weighted by atomic mass is 35.5. The van der Waals surface area contributed by atoms with Gasteiger partial charge in [0.25, 0.3) is 0 Å². The molecule has 0 aliphatic heterocycles. The van der Waals surface area contributed by atoms with Gasteiger partial charge in [-0.05, 0) is 25.1 Å². The Morgan fingerprint density at radius 1 is 1.42 bits per heavy atom. The third-order valence-corrected chi connectivity index (χ3v) is 5.18. The number of benzene rings is 1. The average molecular weight is 313 g/mol. The molecule has 0 amide bonds. The van der Waals surface area contributed by atoms with Crippen LogP contribution in [0, 0.1) is 0 Å². The van der Waals surface area contributed by atoms with Gasteiger partial charge >= 0.3 is 0 Å². The SMILES string of the molecule is CCNC(CSc1ccccc1Cl)Cc1cncs1. The van der Waals surface area contributed by atoms with Crippen molar-refractivity contribution in [1.82, 2.24) is 10.3 Å². The van der Waals surface area contributed by atoms with E-state index in [9.17, 15) is 0 Å². The fraction of sp³-hybridized carbons (Fsp3) is 0.357. The molecule has 1 N–H and O–H groups in total. The molecule has 1 aromatic carbocycles. The Morgan fingerprint density at radius 3 is 2.95 bits per heavy atom. The van der Waals surface area contributed by atoms with Crippen LogP contribution in [0.25, 0.3) is 0 Å². The van der Waals surface area contributed by atoms with E-state index in [0.29, 0.717) is 6.04 Å². The topological polar surface area (TPSA) is 24.9 Å². The number of hydrogen-bond donors (Lipinski definition) is 1. The number of hydrogen-bond acceptors (Lipinski definition) is 4. The van der Waals surface area contributed by atoms with Crippen molar-refractivity contribution in [2.45, 2.75) is 24.3 Å². The molecular weight excluding hydrogens is 296 g/mol. The number of rotatable bonds is 7. The van der Waals surface area contributed by atoms with Crippen LogP contribution in [-0.2, 0) is 6.42 Å². The van der Waals surface area contributed by atoms with E-state index in [0.717, 1.165) is 28.6 Å². The molecule has 2 rings (SSSR count). The van der Waals surface area contributed by atoms with Gasteiger partial charge < -0.3 is 5.32 Å². The van der Waals surface area contributed by atoms with E-state index >= 15 is 0 Å². The van der Waals surface area contributed by atoms with E-state index < -0.39 is 0 Å². The zero-order valence-electron chi connectivity index (χ0n) is 10.8. The lowest BCUT2D eigenvalue weighted by Gasteiger charge is -2.16. The van der Waals surface area contributed by atoms with E-state index in [1.165, 1.54) is 4.88 Å². The number of likely N-dealkylation sites (N-methyl/N-ethyl adjacent to an activating group) is 1. The summed E-state index contributed by atoms with van der Waals surface area (Å²) in [6, 6.07) is 8.45. The first-order valence-corrected chi connectivity index (χ1v) is 8.52. The monoisotopic (exact) mass is 312 g/mol. The highest BCUT2D eigenvalue weighted by molar-refractivity contribution is 7.99. The third-order valence-electron chi connectivity index (χ3n) is 2.70. The van der Waals surface area contributed by atoms with Crippen LogP contribution in [-0.4, -0.2) is 23.3 Å². The Balaban J connectivity index is 1.91. The molecule has 2 nitrogen and oxygen atoms in total. The van der Waals surface area contributed by atoms with E-state index in [1.54, 1.807) is 23.1 Å². The lowest BCUT2D eigenvalue weighted by atomic mass is 10.2. The van der Waals surface area contributed by atoms with Gasteiger partial charge in [0.05, 0.1) is 10.5 Å². The van der Waals surface area contributed by atoms with Crippen LogP contribution in [0.4, 0.5) is 0 Å². The van der Waals surface area contributed by atoms with Gasteiger partial charge in [0, 0.05) is 27.8 Å². The Morgan fingerprint density at radius 2 is 2.26 bits per heavy atom. The van der Waals surface area contributed by atoms with Gasteiger partial charge in [0.2, 0.25) is 0 Å². The summed E-state index contributed by atoms with van der Waals surface area (Å²) in [4.78, 5) is 6.60. The Bertz CT molecular complexity index is 488. The second kappa shape index (κ2) is 7.90. The van der Waals surface area contributed by atoms with Crippen molar-refractivity contribution in [3.05, 3.63) is 45.9 Å². The van der Waals surface area contributed by atoms with Crippen LogP contribution >= 0.6 is 34.7 Å². The van der Waals surface area contributed by atoms with Gasteiger partial charge in [-0.2, -0.15) is 0 Å². The van der Waals surface area contributed by atoms with Crippen LogP contribution in [0.1, 0.15) is 11.8 Å². The lowest BCUT2D eigenvalue weighted by molar-refractivity contribution is 0.576. The van der Waals surface area contributed by atoms with Gasteiger partial charge in [0.1, 0.15) is 0 Å². The van der Waals surface area contributed by atoms with Crippen molar-refractivity contribution in [2.75, 3.05) is 12.3 Å². The maximum atomic E-state index is 6.18. The summed E-state index contributed by atoms with van der Waals surface area (Å²) in [6.45, 7) is 3.12. The van der Waals surface area contributed by atoms with Gasteiger partial charge in [-0.25, -0.2) is 0 Å². The normalized spacial score (nSPS) is 12.5. The van der Waals surface area contributed by atoms with Gasteiger partial charge in [-0.3, -0.25) is 4.98 Å². The van der Waals surface area contributed by atoms with Crippen molar-refractivity contribution in [3.8, 4) is 0 Å². The molecule has 102 valence electrons. The second-order valence-electron chi connectivity index (χ2n) is 4.17. The Kier molecular flexibility index (Phi) is 6.17. The van der Waals surface area contributed by atoms with Gasteiger partial charge in [-0.1, -0.05) is 30.7 Å². The van der Waals surface area contributed by atoms with Crippen molar-refractivity contribution in [2.24, 2.45) is 0 Å². The molecule has 0 aliphatic carbocycles. The van der Waals surface area contributed by atoms with Crippen molar-refractivity contribution in [3.63, 3.8) is 0 Å². The minimum Gasteiger partial charge on any atom is -0.313 e. The molecule has 0 spiro atoms. The van der Waals surface area contributed by atoms with E-state index in [-0.39, 0.29) is 0 Å². The number of aromatic nitrogens is 1. The number of nitrogens with one attached hydrogen (secondary N) is 1. The zero-order valence-corrected chi connectivity index (χ0v) is 13.2. The standard InChI is InChI=1S/C14H17ClN2S2/c1-2-17-11(7-12-8-16-10-19-12)9-18-14-6-4-3-5-13(14)15/h3-6,8,10-11,17H,2,7,9H2,1H3. The summed E-state index contributed by atoms with van der Waals surface area (Å²) in [7, 11) is 0. The molecule has 1 aromatic heterocycles. The molecule has 0 bridgehead atoms. The third kappa shape index (κ3) is 4.80. The van der Waals surface area contributed by atoms with Crippen LogP contribution in [0.5, 0.6) is 0 Å². The largest absolute Gasteiger partial charge is 0.313 e. The summed E-state index contributed by atoms with van der Waals surface area (Å²) in [5, 5.41) is 4.36. The van der Waals surface area contributed by atoms with Crippen LogP contribution in [0.3, 0.4) is 0 Å². The number of thioether (sulfide) groups is 1. The van der Waals surface area contributed by atoms with Crippen molar-refractivity contribution < 1.29 is 0 Å². The zero-order chi connectivity index (χ0) is 13.5. The maximum absolute atomic E-state index is 6.18. The van der Waals surface area contributed by atoms with Crippen LogP contribution in [0.2, 0.25) is 5.02 Å². The summed E-state index contributed by atoms with van der Waals surface area (Å²) in [5.74, 6) is 1.01. The predicted molar refractivity (Wildman–Crippen MR) is 85.5 cm³/mol. The van der Waals surface area contributed by atoms with Crippen LogP contribution < -0.4 is 5.32 Å². The summed E-state index contributed by atoms with van der Waals surface area (Å²) in [5.41, 5.74) is 1.89. The van der Waals surface area contributed by atoms with E-state index in [1.807, 2.05) is 29.9 Å². The molecule has 19 heavy (non-hydrogen) atoms. The smallest absolute Gasteiger partial charge is 0.0794 e. The molecular formula is C14H17ClN2S2. The highest BCUT2D eigenvalue weighted by Gasteiger charge is 2.11.